The van der Waals surface area contributed by atoms with Crippen molar-refractivity contribution < 1.29 is 9.21 Å². The van der Waals surface area contributed by atoms with Crippen molar-refractivity contribution in [3.8, 4) is 0 Å². The molecule has 1 saturated carbocycles. The van der Waals surface area contributed by atoms with E-state index in [0.29, 0.717) is 11.2 Å². The van der Waals surface area contributed by atoms with Crippen molar-refractivity contribution in [3.05, 3.63) is 22.6 Å². The van der Waals surface area contributed by atoms with E-state index in [4.69, 9.17) is 10.2 Å². The highest BCUT2D eigenvalue weighted by Gasteiger charge is 2.30. The molecule has 1 fully saturated rings. The van der Waals surface area contributed by atoms with Crippen LogP contribution in [0, 0.1) is 5.92 Å². The number of halogens is 1. The van der Waals surface area contributed by atoms with Gasteiger partial charge in [0.1, 0.15) is 5.76 Å². The quantitative estimate of drug-likeness (QED) is 0.932. The average Bonchev–Trinajstić information content (AvgIpc) is 2.74. The lowest BCUT2D eigenvalue weighted by Crippen LogP contribution is -2.44. The van der Waals surface area contributed by atoms with Gasteiger partial charge in [-0.25, -0.2) is 0 Å². The van der Waals surface area contributed by atoms with Gasteiger partial charge in [0.05, 0.1) is 12.5 Å². The molecular weight excluding hydrogens is 296 g/mol. The maximum atomic E-state index is 12.3. The summed E-state index contributed by atoms with van der Waals surface area (Å²) in [6, 6.07) is 3.71. The van der Waals surface area contributed by atoms with E-state index < -0.39 is 0 Å². The number of furan rings is 1. The van der Waals surface area contributed by atoms with Gasteiger partial charge in [0.2, 0.25) is 5.91 Å². The molecule has 1 aromatic rings. The van der Waals surface area contributed by atoms with Crippen LogP contribution in [0.2, 0.25) is 0 Å². The second kappa shape index (κ2) is 5.89. The zero-order valence-electron chi connectivity index (χ0n) is 10.6. The van der Waals surface area contributed by atoms with Crippen molar-refractivity contribution in [2.45, 2.75) is 38.3 Å². The first-order chi connectivity index (χ1) is 8.58. The number of rotatable bonds is 3. The molecule has 1 aliphatic carbocycles. The maximum Gasteiger partial charge on any atom is 0.227 e. The van der Waals surface area contributed by atoms with Crippen LogP contribution in [-0.2, 0) is 11.3 Å². The minimum absolute atomic E-state index is 0.0111. The van der Waals surface area contributed by atoms with E-state index in [1.165, 1.54) is 0 Å². The highest BCUT2D eigenvalue weighted by molar-refractivity contribution is 9.10. The van der Waals surface area contributed by atoms with E-state index >= 15 is 0 Å². The lowest BCUT2D eigenvalue weighted by atomic mass is 9.84. The molecule has 0 spiro atoms. The van der Waals surface area contributed by atoms with Crippen molar-refractivity contribution in [2.75, 3.05) is 7.05 Å². The zero-order chi connectivity index (χ0) is 13.1. The van der Waals surface area contributed by atoms with E-state index in [1.54, 1.807) is 11.9 Å². The molecule has 1 aromatic heterocycles. The molecule has 0 aromatic carbocycles. The van der Waals surface area contributed by atoms with Crippen LogP contribution in [0.4, 0.5) is 0 Å². The first-order valence-electron chi connectivity index (χ1n) is 6.32. The third kappa shape index (κ3) is 3.14. The van der Waals surface area contributed by atoms with Gasteiger partial charge in [-0.3, -0.25) is 4.79 Å². The molecule has 100 valence electrons. The van der Waals surface area contributed by atoms with Crippen LogP contribution in [0.25, 0.3) is 0 Å². The van der Waals surface area contributed by atoms with Gasteiger partial charge in [-0.05, 0) is 40.9 Å². The van der Waals surface area contributed by atoms with Crippen LogP contribution in [0.15, 0.2) is 21.2 Å². The Balaban J connectivity index is 1.95. The first-order valence-corrected chi connectivity index (χ1v) is 7.12. The molecule has 2 N–H and O–H groups in total. The molecule has 0 bridgehead atoms. The molecule has 4 nitrogen and oxygen atoms in total. The Morgan fingerprint density at radius 3 is 2.83 bits per heavy atom. The second-order valence-corrected chi connectivity index (χ2v) is 5.74. The van der Waals surface area contributed by atoms with E-state index in [-0.39, 0.29) is 17.9 Å². The first kappa shape index (κ1) is 13.6. The van der Waals surface area contributed by atoms with E-state index in [2.05, 4.69) is 15.9 Å². The van der Waals surface area contributed by atoms with Gasteiger partial charge >= 0.3 is 0 Å². The molecule has 0 aliphatic heterocycles. The predicted octanol–water partition coefficient (Wildman–Crippen LogP) is 2.52. The summed E-state index contributed by atoms with van der Waals surface area (Å²) in [5.74, 6) is 0.888. The topological polar surface area (TPSA) is 59.5 Å². The summed E-state index contributed by atoms with van der Waals surface area (Å²) in [4.78, 5) is 14.0. The summed E-state index contributed by atoms with van der Waals surface area (Å²) in [5, 5.41) is 0. The fraction of sp³-hybridized carbons (Fsp3) is 0.615. The minimum Gasteiger partial charge on any atom is -0.452 e. The molecule has 2 atom stereocenters. The van der Waals surface area contributed by atoms with Crippen LogP contribution < -0.4 is 5.73 Å². The predicted molar refractivity (Wildman–Crippen MR) is 72.8 cm³/mol. The minimum atomic E-state index is -0.0258. The van der Waals surface area contributed by atoms with Gasteiger partial charge in [-0.1, -0.05) is 12.8 Å². The van der Waals surface area contributed by atoms with Gasteiger partial charge < -0.3 is 15.1 Å². The van der Waals surface area contributed by atoms with Crippen LogP contribution in [0.5, 0.6) is 0 Å². The van der Waals surface area contributed by atoms with Crippen LogP contribution in [0.3, 0.4) is 0 Å². The molecule has 5 heteroatoms. The molecule has 1 amide bonds. The molecular formula is C13H19BrN2O2. The molecule has 1 heterocycles. The Morgan fingerprint density at radius 1 is 1.50 bits per heavy atom. The number of carbonyl (C=O) groups is 1. The van der Waals surface area contributed by atoms with Gasteiger partial charge in [0, 0.05) is 13.1 Å². The Morgan fingerprint density at radius 2 is 2.22 bits per heavy atom. The number of nitrogens with two attached hydrogens (primary N) is 1. The zero-order valence-corrected chi connectivity index (χ0v) is 12.1. The Kier molecular flexibility index (Phi) is 4.45. The van der Waals surface area contributed by atoms with E-state index in [9.17, 15) is 4.79 Å². The fourth-order valence-electron chi connectivity index (χ4n) is 2.50. The molecule has 18 heavy (non-hydrogen) atoms. The smallest absolute Gasteiger partial charge is 0.227 e. The number of carbonyl (C=O) groups excluding carboxylic acids is 1. The normalized spacial score (nSPS) is 23.9. The lowest BCUT2D eigenvalue weighted by Gasteiger charge is -2.30. The summed E-state index contributed by atoms with van der Waals surface area (Å²) < 4.78 is 6.10. The number of amides is 1. The van der Waals surface area contributed by atoms with Crippen molar-refractivity contribution in [2.24, 2.45) is 11.7 Å². The number of hydrogen-bond donors (Lipinski definition) is 1. The molecule has 1 aliphatic rings. The largest absolute Gasteiger partial charge is 0.452 e. The monoisotopic (exact) mass is 314 g/mol. The lowest BCUT2D eigenvalue weighted by molar-refractivity contribution is -0.136. The highest BCUT2D eigenvalue weighted by atomic mass is 79.9. The van der Waals surface area contributed by atoms with Crippen molar-refractivity contribution in [1.82, 2.24) is 4.90 Å². The van der Waals surface area contributed by atoms with Gasteiger partial charge in [0.25, 0.3) is 0 Å². The SMILES string of the molecule is CN(Cc1ccc(Br)o1)C(=O)C1CCCCC1N. The summed E-state index contributed by atoms with van der Waals surface area (Å²) in [7, 11) is 1.81. The molecule has 2 rings (SSSR count). The Hall–Kier alpha value is -0.810. The highest BCUT2D eigenvalue weighted by Crippen LogP contribution is 2.25. The van der Waals surface area contributed by atoms with Crippen molar-refractivity contribution >= 4 is 21.8 Å². The third-order valence-corrected chi connectivity index (χ3v) is 3.96. The van der Waals surface area contributed by atoms with Crippen molar-refractivity contribution in [3.63, 3.8) is 0 Å². The summed E-state index contributed by atoms with van der Waals surface area (Å²) in [6.07, 6.45) is 4.10. The summed E-state index contributed by atoms with van der Waals surface area (Å²) >= 11 is 3.26. The third-order valence-electron chi connectivity index (χ3n) is 3.53. The Labute approximate surface area is 116 Å². The molecule has 2 unspecified atom stereocenters. The van der Waals surface area contributed by atoms with Gasteiger partial charge in [-0.2, -0.15) is 0 Å². The van der Waals surface area contributed by atoms with Crippen molar-refractivity contribution in [1.29, 1.82) is 0 Å². The molecule has 0 radical (unpaired) electrons. The summed E-state index contributed by atoms with van der Waals surface area (Å²) in [5.41, 5.74) is 6.04. The Bertz CT molecular complexity index is 419. The molecule has 0 saturated heterocycles. The number of nitrogens with zero attached hydrogens (tertiary/aromatic N) is 1. The number of hydrogen-bond acceptors (Lipinski definition) is 3. The fourth-order valence-corrected chi connectivity index (χ4v) is 2.84. The van der Waals surface area contributed by atoms with E-state index in [0.717, 1.165) is 31.4 Å². The van der Waals surface area contributed by atoms with Gasteiger partial charge in [-0.15, -0.1) is 0 Å². The second-order valence-electron chi connectivity index (χ2n) is 4.95. The van der Waals surface area contributed by atoms with Crippen LogP contribution >= 0.6 is 15.9 Å². The van der Waals surface area contributed by atoms with Gasteiger partial charge in [0.15, 0.2) is 4.67 Å². The maximum absolute atomic E-state index is 12.3. The van der Waals surface area contributed by atoms with E-state index in [1.807, 2.05) is 12.1 Å². The average molecular weight is 315 g/mol. The summed E-state index contributed by atoms with van der Waals surface area (Å²) in [6.45, 7) is 0.494. The standard InChI is InChI=1S/C13H19BrN2O2/c1-16(8-9-6-7-12(14)18-9)13(17)10-4-2-3-5-11(10)15/h6-7,10-11H,2-5,8,15H2,1H3. The van der Waals surface area contributed by atoms with Crippen LogP contribution in [0.1, 0.15) is 31.4 Å². The van der Waals surface area contributed by atoms with Crippen LogP contribution in [-0.4, -0.2) is 23.9 Å².